The highest BCUT2D eigenvalue weighted by Gasteiger charge is 2.37. The lowest BCUT2D eigenvalue weighted by atomic mass is 9.89. The van der Waals surface area contributed by atoms with Gasteiger partial charge in [-0.3, -0.25) is 14.4 Å². The smallest absolute Gasteiger partial charge is 0.320 e. The number of amides is 4. The SMILES string of the molecule is Cc1cc(NC(=O)c2c(C)c(C(=O)C(=O)NC3(C)CCN(C(=O)N4CCOCC4)CC3)n(C)c2C)ccc1F. The molecule has 10 nitrogen and oxygen atoms in total. The van der Waals surface area contributed by atoms with Crippen molar-refractivity contribution in [1.29, 1.82) is 0 Å². The highest BCUT2D eigenvalue weighted by Crippen LogP contribution is 2.26. The quantitative estimate of drug-likeness (QED) is 0.447. The molecule has 2 fully saturated rings. The molecule has 2 aliphatic heterocycles. The Hall–Kier alpha value is -3.73. The number of aryl methyl sites for hydroxylation is 1. The molecule has 0 unspecified atom stereocenters. The van der Waals surface area contributed by atoms with Crippen molar-refractivity contribution in [3.05, 3.63) is 52.1 Å². The molecule has 0 bridgehead atoms. The minimum absolute atomic E-state index is 0.0285. The van der Waals surface area contributed by atoms with E-state index in [-0.39, 0.29) is 23.1 Å². The zero-order valence-electron chi connectivity index (χ0n) is 23.1. The molecule has 2 saturated heterocycles. The van der Waals surface area contributed by atoms with Gasteiger partial charge in [0.25, 0.3) is 17.6 Å². The van der Waals surface area contributed by atoms with Gasteiger partial charge in [-0.1, -0.05) is 0 Å². The summed E-state index contributed by atoms with van der Waals surface area (Å²) >= 11 is 0. The van der Waals surface area contributed by atoms with E-state index in [0.29, 0.717) is 74.7 Å². The minimum atomic E-state index is -0.754. The van der Waals surface area contributed by atoms with Gasteiger partial charge in [0.05, 0.1) is 24.5 Å². The van der Waals surface area contributed by atoms with Crippen molar-refractivity contribution in [2.45, 2.75) is 46.1 Å². The van der Waals surface area contributed by atoms with Crippen LogP contribution < -0.4 is 10.6 Å². The molecule has 3 heterocycles. The van der Waals surface area contributed by atoms with Crippen LogP contribution in [0, 0.1) is 26.6 Å². The fourth-order valence-corrected chi connectivity index (χ4v) is 5.26. The fraction of sp³-hybridized carbons (Fsp3) is 0.500. The fourth-order valence-electron chi connectivity index (χ4n) is 5.26. The maximum absolute atomic E-state index is 13.6. The van der Waals surface area contributed by atoms with Crippen LogP contribution in [0.15, 0.2) is 18.2 Å². The average molecular weight is 542 g/mol. The van der Waals surface area contributed by atoms with Crippen LogP contribution in [0.5, 0.6) is 0 Å². The largest absolute Gasteiger partial charge is 0.378 e. The first-order valence-electron chi connectivity index (χ1n) is 13.1. The molecule has 1 aromatic carbocycles. The lowest BCUT2D eigenvalue weighted by Gasteiger charge is -2.41. The average Bonchev–Trinajstić information content (AvgIpc) is 3.13. The van der Waals surface area contributed by atoms with Gasteiger partial charge < -0.3 is 29.7 Å². The second kappa shape index (κ2) is 11.2. The van der Waals surface area contributed by atoms with Gasteiger partial charge in [-0.05, 0) is 69.9 Å². The monoisotopic (exact) mass is 541 g/mol. The van der Waals surface area contributed by atoms with E-state index in [1.54, 1.807) is 42.2 Å². The molecule has 0 atom stereocenters. The Bertz CT molecular complexity index is 1310. The van der Waals surface area contributed by atoms with Crippen LogP contribution in [0.1, 0.15) is 57.4 Å². The van der Waals surface area contributed by atoms with Gasteiger partial charge in [-0.25, -0.2) is 9.18 Å². The van der Waals surface area contributed by atoms with Crippen LogP contribution in [0.25, 0.3) is 0 Å². The first kappa shape index (κ1) is 28.3. The number of rotatable bonds is 5. The summed E-state index contributed by atoms with van der Waals surface area (Å²) < 4.78 is 20.5. The maximum atomic E-state index is 13.6. The second-order valence-corrected chi connectivity index (χ2v) is 10.6. The predicted octanol–water partition coefficient (Wildman–Crippen LogP) is 2.95. The normalized spacial score (nSPS) is 17.1. The number of carbonyl (C=O) groups excluding carboxylic acids is 4. The molecule has 39 heavy (non-hydrogen) atoms. The molecule has 4 rings (SSSR count). The highest BCUT2D eigenvalue weighted by atomic mass is 19.1. The topological polar surface area (TPSA) is 113 Å². The molecule has 2 N–H and O–H groups in total. The number of aromatic nitrogens is 1. The van der Waals surface area contributed by atoms with Gasteiger partial charge in [-0.2, -0.15) is 0 Å². The summed E-state index contributed by atoms with van der Waals surface area (Å²) in [7, 11) is 1.64. The molecule has 0 aliphatic carbocycles. The van der Waals surface area contributed by atoms with Gasteiger partial charge in [0.1, 0.15) is 5.82 Å². The third-order valence-electron chi connectivity index (χ3n) is 7.83. The third kappa shape index (κ3) is 5.83. The molecule has 0 radical (unpaired) electrons. The number of likely N-dealkylation sites (tertiary alicyclic amines) is 1. The number of halogens is 1. The number of nitrogens with zero attached hydrogens (tertiary/aromatic N) is 3. The van der Waals surface area contributed by atoms with Crippen molar-refractivity contribution in [1.82, 2.24) is 19.7 Å². The summed E-state index contributed by atoms with van der Waals surface area (Å²) in [5.74, 6) is -2.31. The number of benzene rings is 1. The number of piperidine rings is 1. The lowest BCUT2D eigenvalue weighted by Crippen LogP contribution is -2.58. The van der Waals surface area contributed by atoms with Crippen molar-refractivity contribution in [2.24, 2.45) is 7.05 Å². The van der Waals surface area contributed by atoms with Crippen molar-refractivity contribution in [3.63, 3.8) is 0 Å². The number of morpholine rings is 1. The van der Waals surface area contributed by atoms with Crippen molar-refractivity contribution in [3.8, 4) is 0 Å². The summed E-state index contributed by atoms with van der Waals surface area (Å²) in [6.07, 6.45) is 1.02. The molecule has 4 amide bonds. The molecule has 2 aromatic rings. The first-order valence-corrected chi connectivity index (χ1v) is 13.1. The van der Waals surface area contributed by atoms with Gasteiger partial charge in [-0.15, -0.1) is 0 Å². The minimum Gasteiger partial charge on any atom is -0.378 e. The van der Waals surface area contributed by atoms with E-state index in [0.717, 1.165) is 0 Å². The number of anilines is 1. The van der Waals surface area contributed by atoms with Crippen molar-refractivity contribution < 1.29 is 28.3 Å². The number of hydrogen-bond acceptors (Lipinski definition) is 5. The Kier molecular flexibility index (Phi) is 8.10. The zero-order chi connectivity index (χ0) is 28.5. The summed E-state index contributed by atoms with van der Waals surface area (Å²) in [4.78, 5) is 55.9. The van der Waals surface area contributed by atoms with Gasteiger partial charge in [0.15, 0.2) is 0 Å². The Balaban J connectivity index is 1.43. The predicted molar refractivity (Wildman–Crippen MR) is 143 cm³/mol. The Labute approximate surface area is 227 Å². The first-order chi connectivity index (χ1) is 18.4. The Morgan fingerprint density at radius 3 is 2.21 bits per heavy atom. The van der Waals surface area contributed by atoms with Gasteiger partial charge >= 0.3 is 6.03 Å². The number of carbonyl (C=O) groups is 4. The highest BCUT2D eigenvalue weighted by molar-refractivity contribution is 6.43. The molecule has 1 aromatic heterocycles. The number of ether oxygens (including phenoxy) is 1. The van der Waals surface area contributed by atoms with Gasteiger partial charge in [0.2, 0.25) is 0 Å². The number of nitrogens with one attached hydrogen (secondary N) is 2. The van der Waals surface area contributed by atoms with Crippen molar-refractivity contribution in [2.75, 3.05) is 44.7 Å². The Morgan fingerprint density at radius 2 is 1.59 bits per heavy atom. The summed E-state index contributed by atoms with van der Waals surface area (Å²) in [6.45, 7) is 9.95. The number of Topliss-reactive ketones (excluding diaryl/α,β-unsaturated/α-hetero) is 1. The number of ketones is 1. The molecule has 2 aliphatic rings. The molecular weight excluding hydrogens is 505 g/mol. The molecule has 0 saturated carbocycles. The lowest BCUT2D eigenvalue weighted by molar-refractivity contribution is -0.119. The number of urea groups is 1. The zero-order valence-corrected chi connectivity index (χ0v) is 23.1. The summed E-state index contributed by atoms with van der Waals surface area (Å²) in [5, 5.41) is 5.64. The van der Waals surface area contributed by atoms with E-state index in [4.69, 9.17) is 4.74 Å². The third-order valence-corrected chi connectivity index (χ3v) is 7.83. The summed E-state index contributed by atoms with van der Waals surface area (Å²) in [6, 6.07) is 4.24. The van der Waals surface area contributed by atoms with Crippen LogP contribution in [-0.2, 0) is 16.6 Å². The van der Waals surface area contributed by atoms with E-state index in [9.17, 15) is 23.6 Å². The molecule has 11 heteroatoms. The van der Waals surface area contributed by atoms with E-state index in [1.165, 1.54) is 18.2 Å². The standard InChI is InChI=1S/C28H36FN5O5/c1-17-16-20(6-7-21(17)29)30-25(36)22-18(2)23(32(5)19(22)3)24(35)26(37)31-28(4)8-10-33(11-9-28)27(38)34-12-14-39-15-13-34/h6-7,16H,8-15H2,1-5H3,(H,30,36)(H,31,37). The van der Waals surface area contributed by atoms with Crippen LogP contribution in [0.4, 0.5) is 14.9 Å². The van der Waals surface area contributed by atoms with E-state index in [2.05, 4.69) is 10.6 Å². The van der Waals surface area contributed by atoms with Gasteiger partial charge in [0, 0.05) is 50.1 Å². The molecule has 0 spiro atoms. The van der Waals surface area contributed by atoms with Crippen molar-refractivity contribution >= 4 is 29.3 Å². The molecular formula is C28H36FN5O5. The van der Waals surface area contributed by atoms with Crippen LogP contribution in [0.3, 0.4) is 0 Å². The molecule has 210 valence electrons. The number of hydrogen-bond donors (Lipinski definition) is 2. The van der Waals surface area contributed by atoms with Crippen LogP contribution in [-0.4, -0.2) is 82.9 Å². The maximum Gasteiger partial charge on any atom is 0.320 e. The van der Waals surface area contributed by atoms with E-state index in [1.807, 2.05) is 6.92 Å². The second-order valence-electron chi connectivity index (χ2n) is 10.6. The van der Waals surface area contributed by atoms with E-state index < -0.39 is 23.1 Å². The van der Waals surface area contributed by atoms with Crippen LogP contribution >= 0.6 is 0 Å². The summed E-state index contributed by atoms with van der Waals surface area (Å²) in [5.41, 5.74) is 1.52. The Morgan fingerprint density at radius 1 is 0.974 bits per heavy atom. The van der Waals surface area contributed by atoms with Crippen LogP contribution in [0.2, 0.25) is 0 Å². The van der Waals surface area contributed by atoms with E-state index >= 15 is 0 Å².